The van der Waals surface area contributed by atoms with Gasteiger partial charge in [0.15, 0.2) is 0 Å². The van der Waals surface area contributed by atoms with E-state index in [0.29, 0.717) is 47.4 Å². The van der Waals surface area contributed by atoms with Crippen LogP contribution in [-0.2, 0) is 0 Å². The van der Waals surface area contributed by atoms with Crippen molar-refractivity contribution in [2.45, 2.75) is 0 Å². The van der Waals surface area contributed by atoms with Gasteiger partial charge in [-0.1, -0.05) is 41.4 Å². The van der Waals surface area contributed by atoms with Crippen molar-refractivity contribution in [3.63, 3.8) is 0 Å². The summed E-state index contributed by atoms with van der Waals surface area (Å²) in [6.45, 7) is 1.94. The highest BCUT2D eigenvalue weighted by Gasteiger charge is 2.26. The quantitative estimate of drug-likeness (QED) is 0.818. The fraction of sp³-hybridized carbons (Fsp3) is 0.222. The molecule has 0 spiro atoms. The maximum atomic E-state index is 12.6. The van der Waals surface area contributed by atoms with Gasteiger partial charge < -0.3 is 9.80 Å². The Kier molecular flexibility index (Phi) is 5.07. The van der Waals surface area contributed by atoms with Gasteiger partial charge in [-0.2, -0.15) is 0 Å². The standard InChI is InChI=1S/C18H16Cl2N2O2/c19-14-6-7-16(20)15(12-14)18(24)22-10-8-21(9-11-22)17(23)13-4-2-1-3-5-13/h1-7,12H,8-11H2. The number of rotatable bonds is 2. The average molecular weight is 363 g/mol. The Labute approximate surface area is 150 Å². The van der Waals surface area contributed by atoms with Gasteiger partial charge in [0.25, 0.3) is 11.8 Å². The summed E-state index contributed by atoms with van der Waals surface area (Å²) in [4.78, 5) is 28.5. The maximum absolute atomic E-state index is 12.6. The zero-order valence-electron chi connectivity index (χ0n) is 12.9. The van der Waals surface area contributed by atoms with Gasteiger partial charge in [0.1, 0.15) is 0 Å². The lowest BCUT2D eigenvalue weighted by Gasteiger charge is -2.35. The van der Waals surface area contributed by atoms with Crippen LogP contribution < -0.4 is 0 Å². The Morgan fingerprint density at radius 1 is 0.792 bits per heavy atom. The van der Waals surface area contributed by atoms with Crippen molar-refractivity contribution in [2.75, 3.05) is 26.2 Å². The molecule has 0 radical (unpaired) electrons. The van der Waals surface area contributed by atoms with E-state index in [9.17, 15) is 9.59 Å². The smallest absolute Gasteiger partial charge is 0.255 e. The highest BCUT2D eigenvalue weighted by molar-refractivity contribution is 6.35. The molecule has 0 aliphatic carbocycles. The van der Waals surface area contributed by atoms with E-state index in [4.69, 9.17) is 23.2 Å². The second-order valence-corrected chi connectivity index (χ2v) is 6.42. The van der Waals surface area contributed by atoms with Gasteiger partial charge in [-0.3, -0.25) is 9.59 Å². The Hall–Kier alpha value is -2.04. The minimum Gasteiger partial charge on any atom is -0.335 e. The molecule has 0 bridgehead atoms. The van der Waals surface area contributed by atoms with Crippen LogP contribution in [0, 0.1) is 0 Å². The summed E-state index contributed by atoms with van der Waals surface area (Å²) in [6.07, 6.45) is 0. The third-order valence-corrected chi connectivity index (χ3v) is 4.60. The van der Waals surface area contributed by atoms with E-state index in [1.807, 2.05) is 18.2 Å². The monoisotopic (exact) mass is 362 g/mol. The van der Waals surface area contributed by atoms with Gasteiger partial charge in [0, 0.05) is 36.8 Å². The van der Waals surface area contributed by atoms with Crippen LogP contribution in [0.2, 0.25) is 10.0 Å². The largest absolute Gasteiger partial charge is 0.335 e. The van der Waals surface area contributed by atoms with Crippen LogP contribution in [0.5, 0.6) is 0 Å². The predicted octanol–water partition coefficient (Wildman–Crippen LogP) is 3.59. The van der Waals surface area contributed by atoms with E-state index in [2.05, 4.69) is 0 Å². The highest BCUT2D eigenvalue weighted by atomic mass is 35.5. The van der Waals surface area contributed by atoms with Crippen molar-refractivity contribution in [1.82, 2.24) is 9.80 Å². The van der Waals surface area contributed by atoms with Gasteiger partial charge in [-0.25, -0.2) is 0 Å². The average Bonchev–Trinajstić information content (AvgIpc) is 2.63. The first kappa shape index (κ1) is 16.8. The Morgan fingerprint density at radius 3 is 2.00 bits per heavy atom. The van der Waals surface area contributed by atoms with Crippen molar-refractivity contribution in [1.29, 1.82) is 0 Å². The molecule has 2 aromatic carbocycles. The van der Waals surface area contributed by atoms with E-state index in [-0.39, 0.29) is 11.8 Å². The number of hydrogen-bond acceptors (Lipinski definition) is 2. The Balaban J connectivity index is 1.66. The molecule has 6 heteroatoms. The summed E-state index contributed by atoms with van der Waals surface area (Å²) in [7, 11) is 0. The molecule has 1 aliphatic rings. The minimum absolute atomic E-state index is 0.0107. The normalized spacial score (nSPS) is 14.6. The molecule has 1 heterocycles. The Morgan fingerprint density at radius 2 is 1.38 bits per heavy atom. The second-order valence-electron chi connectivity index (χ2n) is 5.57. The molecule has 24 heavy (non-hydrogen) atoms. The summed E-state index contributed by atoms with van der Waals surface area (Å²) < 4.78 is 0. The van der Waals surface area contributed by atoms with E-state index < -0.39 is 0 Å². The molecular formula is C18H16Cl2N2O2. The van der Waals surface area contributed by atoms with Crippen LogP contribution in [0.3, 0.4) is 0 Å². The maximum Gasteiger partial charge on any atom is 0.255 e. The molecular weight excluding hydrogens is 347 g/mol. The lowest BCUT2D eigenvalue weighted by atomic mass is 10.1. The molecule has 0 aromatic heterocycles. The van der Waals surface area contributed by atoms with Crippen molar-refractivity contribution in [3.05, 3.63) is 69.7 Å². The molecule has 0 unspecified atom stereocenters. The molecule has 1 saturated heterocycles. The number of benzene rings is 2. The fourth-order valence-electron chi connectivity index (χ4n) is 2.71. The molecule has 1 fully saturated rings. The third kappa shape index (κ3) is 3.55. The first-order valence-corrected chi connectivity index (χ1v) is 8.40. The van der Waals surface area contributed by atoms with Crippen LogP contribution >= 0.6 is 23.2 Å². The molecule has 0 N–H and O–H groups in total. The number of carbonyl (C=O) groups is 2. The van der Waals surface area contributed by atoms with Crippen molar-refractivity contribution >= 4 is 35.0 Å². The zero-order chi connectivity index (χ0) is 17.1. The summed E-state index contributed by atoms with van der Waals surface area (Å²) in [6, 6.07) is 14.0. The summed E-state index contributed by atoms with van der Waals surface area (Å²) in [5.74, 6) is -0.169. The number of halogens is 2. The molecule has 3 rings (SSSR count). The van der Waals surface area contributed by atoms with Gasteiger partial charge in [-0.05, 0) is 30.3 Å². The predicted molar refractivity (Wildman–Crippen MR) is 94.7 cm³/mol. The lowest BCUT2D eigenvalue weighted by Crippen LogP contribution is -2.50. The van der Waals surface area contributed by atoms with E-state index in [1.54, 1.807) is 40.1 Å². The first-order chi connectivity index (χ1) is 11.6. The van der Waals surface area contributed by atoms with Gasteiger partial charge >= 0.3 is 0 Å². The zero-order valence-corrected chi connectivity index (χ0v) is 14.4. The summed E-state index contributed by atoms with van der Waals surface area (Å²) >= 11 is 12.0. The molecule has 4 nitrogen and oxygen atoms in total. The van der Waals surface area contributed by atoms with Crippen LogP contribution in [0.15, 0.2) is 48.5 Å². The summed E-state index contributed by atoms with van der Waals surface area (Å²) in [5.41, 5.74) is 1.06. The second kappa shape index (κ2) is 7.24. The minimum atomic E-state index is -0.158. The number of hydrogen-bond donors (Lipinski definition) is 0. The highest BCUT2D eigenvalue weighted by Crippen LogP contribution is 2.22. The number of piperazine rings is 1. The van der Waals surface area contributed by atoms with E-state index in [1.165, 1.54) is 0 Å². The van der Waals surface area contributed by atoms with Crippen molar-refractivity contribution in [2.24, 2.45) is 0 Å². The van der Waals surface area contributed by atoms with Gasteiger partial charge in [-0.15, -0.1) is 0 Å². The van der Waals surface area contributed by atoms with E-state index >= 15 is 0 Å². The van der Waals surface area contributed by atoms with Crippen molar-refractivity contribution < 1.29 is 9.59 Å². The van der Waals surface area contributed by atoms with Crippen molar-refractivity contribution in [3.8, 4) is 0 Å². The SMILES string of the molecule is O=C(c1ccccc1)N1CCN(C(=O)c2cc(Cl)ccc2Cl)CC1. The van der Waals surface area contributed by atoms with Gasteiger partial charge in [0.2, 0.25) is 0 Å². The third-order valence-electron chi connectivity index (χ3n) is 4.03. The lowest BCUT2D eigenvalue weighted by molar-refractivity contribution is 0.0535. The molecule has 0 atom stereocenters. The van der Waals surface area contributed by atoms with Crippen LogP contribution in [-0.4, -0.2) is 47.8 Å². The Bertz CT molecular complexity index is 757. The number of amides is 2. The molecule has 2 aromatic rings. The molecule has 124 valence electrons. The topological polar surface area (TPSA) is 40.6 Å². The van der Waals surface area contributed by atoms with Crippen LogP contribution in [0.1, 0.15) is 20.7 Å². The summed E-state index contributed by atoms with van der Waals surface area (Å²) in [5, 5.41) is 0.854. The first-order valence-electron chi connectivity index (χ1n) is 7.65. The number of nitrogens with zero attached hydrogens (tertiary/aromatic N) is 2. The molecule has 1 aliphatic heterocycles. The van der Waals surface area contributed by atoms with Crippen LogP contribution in [0.4, 0.5) is 0 Å². The van der Waals surface area contributed by atoms with Crippen LogP contribution in [0.25, 0.3) is 0 Å². The molecule has 2 amide bonds. The fourth-order valence-corrected chi connectivity index (χ4v) is 3.08. The van der Waals surface area contributed by atoms with Gasteiger partial charge in [0.05, 0.1) is 10.6 Å². The van der Waals surface area contributed by atoms with E-state index in [0.717, 1.165) is 0 Å². The number of carbonyl (C=O) groups excluding carboxylic acids is 2. The molecule has 0 saturated carbocycles.